The van der Waals surface area contributed by atoms with Crippen LogP contribution in [0.2, 0.25) is 0 Å². The highest BCUT2D eigenvalue weighted by Crippen LogP contribution is 2.55. The SMILES string of the molecule is CCOC(=O)C1=CC(C2CC3C[C@@H]3C2)=NS(=O)(=O)N1CC. The summed E-state index contributed by atoms with van der Waals surface area (Å²) in [6.45, 7) is 3.76. The Morgan fingerprint density at radius 2 is 2.00 bits per heavy atom. The van der Waals surface area contributed by atoms with Crippen molar-refractivity contribution in [2.75, 3.05) is 13.2 Å². The highest BCUT2D eigenvalue weighted by molar-refractivity contribution is 7.88. The fourth-order valence-electron chi connectivity index (χ4n) is 3.39. The molecule has 3 rings (SSSR count). The molecule has 21 heavy (non-hydrogen) atoms. The Labute approximate surface area is 125 Å². The molecule has 3 atom stereocenters. The van der Waals surface area contributed by atoms with E-state index in [1.165, 1.54) is 6.42 Å². The first kappa shape index (κ1) is 14.6. The molecule has 1 heterocycles. The maximum Gasteiger partial charge on any atom is 0.355 e. The van der Waals surface area contributed by atoms with Gasteiger partial charge in [0, 0.05) is 12.5 Å². The van der Waals surface area contributed by atoms with Crippen LogP contribution < -0.4 is 0 Å². The Bertz CT molecular complexity index is 613. The number of hydrogen-bond donors (Lipinski definition) is 0. The van der Waals surface area contributed by atoms with E-state index in [1.54, 1.807) is 19.9 Å². The molecule has 3 aliphatic rings. The van der Waals surface area contributed by atoms with Crippen LogP contribution in [0.25, 0.3) is 0 Å². The number of hydrogen-bond acceptors (Lipinski definition) is 4. The second-order valence-corrected chi connectivity index (χ2v) is 7.35. The quantitative estimate of drug-likeness (QED) is 0.737. The molecule has 0 aromatic carbocycles. The summed E-state index contributed by atoms with van der Waals surface area (Å²) in [4.78, 5) is 12.0. The zero-order valence-corrected chi connectivity index (χ0v) is 13.1. The summed E-state index contributed by atoms with van der Waals surface area (Å²) < 4.78 is 34.5. The van der Waals surface area contributed by atoms with Crippen molar-refractivity contribution in [3.8, 4) is 0 Å². The predicted octanol–water partition coefficient (Wildman–Crippen LogP) is 1.50. The molecule has 0 N–H and O–H groups in total. The van der Waals surface area contributed by atoms with Crippen LogP contribution in [0, 0.1) is 17.8 Å². The van der Waals surface area contributed by atoms with E-state index in [-0.39, 0.29) is 24.8 Å². The summed E-state index contributed by atoms with van der Waals surface area (Å²) in [7, 11) is -3.82. The van der Waals surface area contributed by atoms with Gasteiger partial charge in [0.05, 0.1) is 12.3 Å². The molecule has 0 bridgehead atoms. The van der Waals surface area contributed by atoms with Crippen LogP contribution in [0.3, 0.4) is 0 Å². The van der Waals surface area contributed by atoms with E-state index in [1.807, 2.05) is 0 Å². The molecule has 116 valence electrons. The molecule has 0 radical (unpaired) electrons. The standard InChI is InChI=1S/C14H20N2O4S/c1-3-16-13(14(17)20-4-2)8-12(15-21(16,18)19)11-6-9-5-10(9)7-11/h8-11H,3-7H2,1-2H3/t9-,10?,11?/m1/s1. The predicted molar refractivity (Wildman–Crippen MR) is 77.8 cm³/mol. The molecule has 0 spiro atoms. The summed E-state index contributed by atoms with van der Waals surface area (Å²) in [6, 6.07) is 0. The minimum atomic E-state index is -3.82. The fourth-order valence-corrected chi connectivity index (χ4v) is 4.66. The summed E-state index contributed by atoms with van der Waals surface area (Å²) in [5, 5.41) is 0. The van der Waals surface area contributed by atoms with Crippen LogP contribution in [-0.4, -0.2) is 37.6 Å². The first-order valence-corrected chi connectivity index (χ1v) is 8.87. The number of esters is 1. The topological polar surface area (TPSA) is 76.0 Å². The molecular weight excluding hydrogens is 292 g/mol. The van der Waals surface area contributed by atoms with Crippen molar-refractivity contribution in [2.24, 2.45) is 22.2 Å². The Kier molecular flexibility index (Phi) is 3.55. The van der Waals surface area contributed by atoms with Crippen LogP contribution in [-0.2, 0) is 19.7 Å². The molecule has 0 aromatic heterocycles. The van der Waals surface area contributed by atoms with Gasteiger partial charge in [0.2, 0.25) is 0 Å². The lowest BCUT2D eigenvalue weighted by Crippen LogP contribution is -2.37. The van der Waals surface area contributed by atoms with E-state index in [0.717, 1.165) is 29.0 Å². The summed E-state index contributed by atoms with van der Waals surface area (Å²) in [5.41, 5.74) is 0.611. The van der Waals surface area contributed by atoms with Gasteiger partial charge in [0.1, 0.15) is 5.70 Å². The Hall–Kier alpha value is -1.37. The van der Waals surface area contributed by atoms with Gasteiger partial charge in [-0.15, -0.1) is 4.40 Å². The van der Waals surface area contributed by atoms with Crippen molar-refractivity contribution >= 4 is 21.9 Å². The third kappa shape index (κ3) is 2.59. The van der Waals surface area contributed by atoms with Crippen LogP contribution >= 0.6 is 0 Å². The Morgan fingerprint density at radius 1 is 1.33 bits per heavy atom. The lowest BCUT2D eigenvalue weighted by atomic mass is 9.97. The molecule has 2 fully saturated rings. The van der Waals surface area contributed by atoms with Gasteiger partial charge in [-0.2, -0.15) is 8.42 Å². The first-order chi connectivity index (χ1) is 9.96. The second-order valence-electron chi connectivity index (χ2n) is 5.83. The normalized spacial score (nSPS) is 33.0. The smallest absolute Gasteiger partial charge is 0.355 e. The van der Waals surface area contributed by atoms with Gasteiger partial charge in [0.25, 0.3) is 0 Å². The van der Waals surface area contributed by atoms with Crippen LogP contribution in [0.5, 0.6) is 0 Å². The number of allylic oxidation sites excluding steroid dienone is 1. The number of nitrogens with zero attached hydrogens (tertiary/aromatic N) is 2. The number of likely N-dealkylation sites (N-methyl/N-ethyl adjacent to an activating group) is 1. The molecule has 2 unspecified atom stereocenters. The van der Waals surface area contributed by atoms with Crippen molar-refractivity contribution in [1.82, 2.24) is 4.31 Å². The third-order valence-electron chi connectivity index (χ3n) is 4.49. The van der Waals surface area contributed by atoms with Gasteiger partial charge in [0.15, 0.2) is 0 Å². The zero-order chi connectivity index (χ0) is 15.2. The number of ether oxygens (including phenoxy) is 1. The summed E-state index contributed by atoms with van der Waals surface area (Å²) in [6.07, 6.45) is 4.83. The van der Waals surface area contributed by atoms with Gasteiger partial charge >= 0.3 is 16.2 Å². The van der Waals surface area contributed by atoms with Crippen molar-refractivity contribution in [3.05, 3.63) is 11.8 Å². The third-order valence-corrected chi connectivity index (χ3v) is 5.94. The second kappa shape index (κ2) is 5.12. The molecule has 0 saturated heterocycles. The van der Waals surface area contributed by atoms with Gasteiger partial charge < -0.3 is 4.74 Å². The van der Waals surface area contributed by atoms with Crippen LogP contribution in [0.4, 0.5) is 0 Å². The molecule has 6 nitrogen and oxygen atoms in total. The number of carbonyl (C=O) groups excluding carboxylic acids is 1. The van der Waals surface area contributed by atoms with Crippen molar-refractivity contribution in [2.45, 2.75) is 33.1 Å². The number of rotatable bonds is 4. The monoisotopic (exact) mass is 312 g/mol. The summed E-state index contributed by atoms with van der Waals surface area (Å²) >= 11 is 0. The summed E-state index contributed by atoms with van der Waals surface area (Å²) in [5.74, 6) is 1.01. The van der Waals surface area contributed by atoms with E-state index < -0.39 is 16.2 Å². The van der Waals surface area contributed by atoms with E-state index >= 15 is 0 Å². The average molecular weight is 312 g/mol. The maximum absolute atomic E-state index is 12.3. The molecule has 1 aliphatic heterocycles. The molecule has 0 amide bonds. The number of fused-ring (bicyclic) bond motifs is 1. The Morgan fingerprint density at radius 3 is 2.57 bits per heavy atom. The van der Waals surface area contributed by atoms with Gasteiger partial charge in [-0.1, -0.05) is 0 Å². The van der Waals surface area contributed by atoms with E-state index in [2.05, 4.69) is 4.40 Å². The van der Waals surface area contributed by atoms with Gasteiger partial charge in [-0.05, 0) is 51.0 Å². The highest BCUT2D eigenvalue weighted by Gasteiger charge is 2.48. The molecular formula is C14H20N2O4S. The largest absolute Gasteiger partial charge is 0.461 e. The van der Waals surface area contributed by atoms with Gasteiger partial charge in [-0.25, -0.2) is 9.10 Å². The van der Waals surface area contributed by atoms with E-state index in [9.17, 15) is 13.2 Å². The average Bonchev–Trinajstić information content (AvgIpc) is 3.03. The van der Waals surface area contributed by atoms with Gasteiger partial charge in [-0.3, -0.25) is 0 Å². The zero-order valence-electron chi connectivity index (χ0n) is 12.3. The molecule has 2 saturated carbocycles. The minimum Gasteiger partial charge on any atom is -0.461 e. The molecule has 2 aliphatic carbocycles. The lowest BCUT2D eigenvalue weighted by molar-refractivity contribution is -0.139. The fraction of sp³-hybridized carbons (Fsp3) is 0.714. The Balaban J connectivity index is 1.92. The maximum atomic E-state index is 12.3. The number of carbonyl (C=O) groups is 1. The van der Waals surface area contributed by atoms with Crippen molar-refractivity contribution < 1.29 is 17.9 Å². The van der Waals surface area contributed by atoms with E-state index in [0.29, 0.717) is 5.71 Å². The lowest BCUT2D eigenvalue weighted by Gasteiger charge is -2.27. The van der Waals surface area contributed by atoms with Crippen molar-refractivity contribution in [1.29, 1.82) is 0 Å². The first-order valence-electron chi connectivity index (χ1n) is 7.47. The minimum absolute atomic E-state index is 0.0879. The van der Waals surface area contributed by atoms with Crippen LogP contribution in [0.15, 0.2) is 16.2 Å². The van der Waals surface area contributed by atoms with E-state index in [4.69, 9.17) is 4.74 Å². The van der Waals surface area contributed by atoms with Crippen LogP contribution in [0.1, 0.15) is 33.1 Å². The molecule has 0 aromatic rings. The molecule has 7 heteroatoms. The highest BCUT2D eigenvalue weighted by atomic mass is 32.2. The van der Waals surface area contributed by atoms with Crippen molar-refractivity contribution in [3.63, 3.8) is 0 Å².